The van der Waals surface area contributed by atoms with Crippen LogP contribution < -0.4 is 5.73 Å². The molecule has 2 aliphatic rings. The summed E-state index contributed by atoms with van der Waals surface area (Å²) in [6, 6.07) is 0.524. The van der Waals surface area contributed by atoms with Crippen molar-refractivity contribution >= 4 is 11.6 Å². The predicted octanol–water partition coefficient (Wildman–Crippen LogP) is 0.313. The van der Waals surface area contributed by atoms with E-state index in [-0.39, 0.29) is 5.91 Å². The monoisotopic (exact) mass is 263 g/mol. The number of amides is 1. The molecule has 3 heterocycles. The number of nitrogens with zero attached hydrogens (tertiary/aromatic N) is 4. The summed E-state index contributed by atoms with van der Waals surface area (Å²) in [5.41, 5.74) is 6.69. The van der Waals surface area contributed by atoms with E-state index in [0.717, 1.165) is 19.5 Å². The van der Waals surface area contributed by atoms with Crippen LogP contribution in [0.4, 0.5) is 5.69 Å². The largest absolute Gasteiger partial charge is 0.396 e. The van der Waals surface area contributed by atoms with Crippen molar-refractivity contribution in [3.63, 3.8) is 0 Å². The molecular formula is C13H21N5O. The lowest BCUT2D eigenvalue weighted by Crippen LogP contribution is -2.37. The molecule has 104 valence electrons. The minimum absolute atomic E-state index is 0.0280. The Hall–Kier alpha value is -1.56. The summed E-state index contributed by atoms with van der Waals surface area (Å²) >= 11 is 0. The van der Waals surface area contributed by atoms with Crippen molar-refractivity contribution in [1.29, 1.82) is 0 Å². The predicted molar refractivity (Wildman–Crippen MR) is 72.7 cm³/mol. The average Bonchev–Trinajstić information content (AvgIpc) is 3.06. The second kappa shape index (κ2) is 4.85. The fourth-order valence-electron chi connectivity index (χ4n) is 3.15. The van der Waals surface area contributed by atoms with Crippen molar-refractivity contribution in [1.82, 2.24) is 19.6 Å². The lowest BCUT2D eigenvalue weighted by atomic mass is 10.2. The van der Waals surface area contributed by atoms with Crippen LogP contribution in [0.5, 0.6) is 0 Å². The summed E-state index contributed by atoms with van der Waals surface area (Å²) in [5.74, 6) is -0.0280. The van der Waals surface area contributed by atoms with Crippen LogP contribution in [0.25, 0.3) is 0 Å². The molecule has 0 spiro atoms. The topological polar surface area (TPSA) is 67.4 Å². The Morgan fingerprint density at radius 1 is 1.37 bits per heavy atom. The van der Waals surface area contributed by atoms with Crippen LogP contribution in [0.1, 0.15) is 29.8 Å². The van der Waals surface area contributed by atoms with Crippen molar-refractivity contribution in [2.24, 2.45) is 7.05 Å². The molecule has 1 amide bonds. The molecule has 0 aliphatic carbocycles. The van der Waals surface area contributed by atoms with Gasteiger partial charge in [0.15, 0.2) is 5.69 Å². The van der Waals surface area contributed by atoms with E-state index in [9.17, 15) is 4.79 Å². The lowest BCUT2D eigenvalue weighted by Gasteiger charge is -2.23. The summed E-state index contributed by atoms with van der Waals surface area (Å²) in [5, 5.41) is 4.16. The van der Waals surface area contributed by atoms with Gasteiger partial charge in [-0.25, -0.2) is 0 Å². The van der Waals surface area contributed by atoms with Gasteiger partial charge < -0.3 is 10.6 Å². The highest BCUT2D eigenvalue weighted by molar-refractivity contribution is 5.97. The average molecular weight is 263 g/mol. The fraction of sp³-hybridized carbons (Fsp3) is 0.692. The molecule has 0 aromatic carbocycles. The Labute approximate surface area is 113 Å². The van der Waals surface area contributed by atoms with E-state index >= 15 is 0 Å². The molecule has 2 aliphatic heterocycles. The van der Waals surface area contributed by atoms with Crippen LogP contribution in [0.2, 0.25) is 0 Å². The Morgan fingerprint density at radius 2 is 2.11 bits per heavy atom. The Balaban J connectivity index is 1.67. The number of carbonyl (C=O) groups excluding carboxylic acids is 1. The Morgan fingerprint density at radius 3 is 2.74 bits per heavy atom. The van der Waals surface area contributed by atoms with Crippen LogP contribution in [-0.4, -0.2) is 57.7 Å². The van der Waals surface area contributed by atoms with Gasteiger partial charge in [-0.05, 0) is 32.4 Å². The third kappa shape index (κ3) is 2.32. The number of nitrogens with two attached hydrogens (primary N) is 1. The van der Waals surface area contributed by atoms with Gasteiger partial charge in [-0.1, -0.05) is 0 Å². The molecule has 1 aromatic rings. The van der Waals surface area contributed by atoms with E-state index in [4.69, 9.17) is 5.73 Å². The molecule has 2 fully saturated rings. The second-order valence-corrected chi connectivity index (χ2v) is 5.54. The van der Waals surface area contributed by atoms with E-state index < -0.39 is 0 Å². The summed E-state index contributed by atoms with van der Waals surface area (Å²) in [4.78, 5) is 16.8. The highest BCUT2D eigenvalue weighted by Gasteiger charge is 2.33. The minimum Gasteiger partial charge on any atom is -0.396 e. The number of carbonyl (C=O) groups is 1. The van der Waals surface area contributed by atoms with Crippen LogP contribution in [0.15, 0.2) is 6.20 Å². The quantitative estimate of drug-likeness (QED) is 0.834. The standard InChI is InChI=1S/C13H21N5O/c1-16-9-11(14)12(15-16)13(19)18-7-4-10(8-18)17-5-2-3-6-17/h9-10H,2-8,14H2,1H3. The van der Waals surface area contributed by atoms with Gasteiger partial charge in [-0.3, -0.25) is 14.4 Å². The lowest BCUT2D eigenvalue weighted by molar-refractivity contribution is 0.0774. The highest BCUT2D eigenvalue weighted by Crippen LogP contribution is 2.22. The third-order valence-electron chi connectivity index (χ3n) is 4.17. The summed E-state index contributed by atoms with van der Waals surface area (Å²) in [6.45, 7) is 3.99. The number of aromatic nitrogens is 2. The molecular weight excluding hydrogens is 242 g/mol. The zero-order chi connectivity index (χ0) is 13.4. The number of nitrogen functional groups attached to an aromatic ring is 1. The summed E-state index contributed by atoms with van der Waals surface area (Å²) in [7, 11) is 1.78. The van der Waals surface area contributed by atoms with Gasteiger partial charge in [0.2, 0.25) is 0 Å². The molecule has 6 nitrogen and oxygen atoms in total. The van der Waals surface area contributed by atoms with Gasteiger partial charge in [-0.2, -0.15) is 5.10 Å². The molecule has 1 aromatic heterocycles. The van der Waals surface area contributed by atoms with E-state index in [1.807, 2.05) is 4.90 Å². The van der Waals surface area contributed by atoms with Gasteiger partial charge in [0.05, 0.1) is 5.69 Å². The van der Waals surface area contributed by atoms with E-state index in [1.54, 1.807) is 17.9 Å². The number of likely N-dealkylation sites (tertiary alicyclic amines) is 2. The minimum atomic E-state index is -0.0280. The van der Waals surface area contributed by atoms with Crippen molar-refractivity contribution in [3.05, 3.63) is 11.9 Å². The van der Waals surface area contributed by atoms with Crippen LogP contribution in [0, 0.1) is 0 Å². The van der Waals surface area contributed by atoms with Gasteiger partial charge in [-0.15, -0.1) is 0 Å². The number of anilines is 1. The zero-order valence-corrected chi connectivity index (χ0v) is 11.4. The van der Waals surface area contributed by atoms with E-state index in [2.05, 4.69) is 10.00 Å². The third-order valence-corrected chi connectivity index (χ3v) is 4.17. The maximum Gasteiger partial charge on any atom is 0.276 e. The first-order chi connectivity index (χ1) is 9.15. The molecule has 2 N–H and O–H groups in total. The van der Waals surface area contributed by atoms with Gasteiger partial charge in [0, 0.05) is 32.4 Å². The SMILES string of the molecule is Cn1cc(N)c(C(=O)N2CCC(N3CCCC3)C2)n1. The first-order valence-electron chi connectivity index (χ1n) is 6.97. The molecule has 0 bridgehead atoms. The van der Waals surface area contributed by atoms with Crippen molar-refractivity contribution in [3.8, 4) is 0 Å². The molecule has 1 atom stereocenters. The first-order valence-corrected chi connectivity index (χ1v) is 6.97. The number of aryl methyl sites for hydroxylation is 1. The Bertz CT molecular complexity index is 477. The maximum atomic E-state index is 12.4. The van der Waals surface area contributed by atoms with Gasteiger partial charge in [0.25, 0.3) is 5.91 Å². The van der Waals surface area contributed by atoms with Crippen molar-refractivity contribution in [2.45, 2.75) is 25.3 Å². The second-order valence-electron chi connectivity index (χ2n) is 5.54. The van der Waals surface area contributed by atoms with Crippen LogP contribution in [0.3, 0.4) is 0 Å². The Kier molecular flexibility index (Phi) is 3.18. The maximum absolute atomic E-state index is 12.4. The summed E-state index contributed by atoms with van der Waals surface area (Å²) in [6.07, 6.45) is 5.33. The normalized spacial score (nSPS) is 24.3. The molecule has 2 saturated heterocycles. The zero-order valence-electron chi connectivity index (χ0n) is 11.4. The molecule has 0 radical (unpaired) electrons. The molecule has 19 heavy (non-hydrogen) atoms. The first kappa shape index (κ1) is 12.5. The van der Waals surface area contributed by atoms with Gasteiger partial charge in [0.1, 0.15) is 0 Å². The highest BCUT2D eigenvalue weighted by atomic mass is 16.2. The van der Waals surface area contributed by atoms with Crippen molar-refractivity contribution in [2.75, 3.05) is 31.9 Å². The van der Waals surface area contributed by atoms with E-state index in [0.29, 0.717) is 17.4 Å². The number of rotatable bonds is 2. The van der Waals surface area contributed by atoms with Crippen molar-refractivity contribution < 1.29 is 4.79 Å². The number of hydrogen-bond acceptors (Lipinski definition) is 4. The van der Waals surface area contributed by atoms with Gasteiger partial charge >= 0.3 is 0 Å². The number of hydrogen-bond donors (Lipinski definition) is 1. The molecule has 3 rings (SSSR count). The molecule has 6 heteroatoms. The van der Waals surface area contributed by atoms with Crippen LogP contribution in [-0.2, 0) is 7.05 Å². The fourth-order valence-corrected chi connectivity index (χ4v) is 3.15. The summed E-state index contributed by atoms with van der Waals surface area (Å²) < 4.78 is 1.59. The molecule has 1 unspecified atom stereocenters. The van der Waals surface area contributed by atoms with Crippen LogP contribution >= 0.6 is 0 Å². The molecule has 0 saturated carbocycles. The van der Waals surface area contributed by atoms with E-state index in [1.165, 1.54) is 25.9 Å². The smallest absolute Gasteiger partial charge is 0.276 e.